The maximum absolute atomic E-state index is 11.1. The first-order valence-corrected chi connectivity index (χ1v) is 28.1. The van der Waals surface area contributed by atoms with Crippen LogP contribution in [0.3, 0.4) is 0 Å². The van der Waals surface area contributed by atoms with Crippen LogP contribution >= 0.6 is 0 Å². The zero-order chi connectivity index (χ0) is 39.9. The van der Waals surface area contributed by atoms with E-state index in [0.717, 1.165) is 20.4 Å². The zero-order valence-corrected chi connectivity index (χ0v) is 41.0. The molecular weight excluding hydrogens is 799 g/mol. The molecule has 0 amide bonds. The summed E-state index contributed by atoms with van der Waals surface area (Å²) in [5, 5.41) is 0. The average molecular weight is 892 g/mol. The van der Waals surface area contributed by atoms with Gasteiger partial charge in [0, 0.05) is 0 Å². The van der Waals surface area contributed by atoms with E-state index >= 15 is 0 Å². The molecule has 53 heavy (non-hydrogen) atoms. The maximum atomic E-state index is 11.1. The Morgan fingerprint density at radius 3 is 0.755 bits per heavy atom. The molecule has 0 radical (unpaired) electrons. The summed E-state index contributed by atoms with van der Waals surface area (Å²) in [4.78, 5) is 22.2. The van der Waals surface area contributed by atoms with Gasteiger partial charge in [-0.05, 0) is 0 Å². The molecule has 0 spiro atoms. The Labute approximate surface area is 354 Å². The van der Waals surface area contributed by atoms with Crippen LogP contribution < -0.4 is 0 Å². The van der Waals surface area contributed by atoms with E-state index in [1.807, 2.05) is 13.8 Å². The van der Waals surface area contributed by atoms with E-state index in [1.165, 1.54) is 220 Å². The molecular formula is C46H92O4S2Sn. The predicted molar refractivity (Wildman–Crippen MR) is 241 cm³/mol. The first kappa shape index (κ1) is 57.8. The van der Waals surface area contributed by atoms with Crippen LogP contribution in [0.2, 0.25) is 8.87 Å². The van der Waals surface area contributed by atoms with Crippen molar-refractivity contribution in [2.75, 3.05) is 25.7 Å². The number of hydrogen-bond acceptors (Lipinski definition) is 6. The molecule has 0 bridgehead atoms. The molecule has 0 heterocycles. The number of ether oxygens (including phenoxy) is 2. The molecule has 0 aromatic carbocycles. The number of carbonyl (C=O) groups is 2. The molecule has 0 saturated heterocycles. The molecule has 316 valence electrons. The number of esters is 2. The second-order valence-electron chi connectivity index (χ2n) is 15.5. The van der Waals surface area contributed by atoms with E-state index in [9.17, 15) is 9.59 Å². The molecule has 0 aromatic heterocycles. The molecule has 0 aliphatic carbocycles. The van der Waals surface area contributed by atoms with E-state index in [-0.39, 0.29) is 23.8 Å². The van der Waals surface area contributed by atoms with Gasteiger partial charge >= 0.3 is 101 Å². The van der Waals surface area contributed by atoms with Gasteiger partial charge in [-0.2, -0.15) is 11.5 Å². The second kappa shape index (κ2) is 52.4. The zero-order valence-electron chi connectivity index (χ0n) is 36.6. The van der Waals surface area contributed by atoms with E-state index in [4.69, 9.17) is 25.3 Å². The van der Waals surface area contributed by atoms with E-state index in [0.29, 0.717) is 0 Å². The number of hydrogen-bond donors (Lipinski definition) is 0. The van der Waals surface area contributed by atoms with Crippen molar-refractivity contribution in [3.8, 4) is 0 Å². The van der Waals surface area contributed by atoms with Gasteiger partial charge in [0.1, 0.15) is 0 Å². The Hall–Kier alpha value is 0.439. The topological polar surface area (TPSA) is 52.6 Å². The van der Waals surface area contributed by atoms with Crippen LogP contribution in [-0.2, 0) is 44.3 Å². The van der Waals surface area contributed by atoms with Crippen LogP contribution in [0.1, 0.15) is 233 Å². The Morgan fingerprint density at radius 1 is 0.396 bits per heavy atom. The number of unbranched alkanes of at least 4 members (excludes halogenated alkanes) is 30. The fourth-order valence-electron chi connectivity index (χ4n) is 6.39. The van der Waals surface area contributed by atoms with Crippen LogP contribution in [0.4, 0.5) is 0 Å². The summed E-state index contributed by atoms with van der Waals surface area (Å²) in [5.74, 6) is 1.57. The quantitative estimate of drug-likeness (QED) is 0.0266. The SMILES string of the molecule is CCCCCCCCCCCCCCCCCC[S-].CCCCCCCCCCCCCCCCCC[S-].COC(=O)C(C)[CH2][Sn+2][CH2]C(C)C(=O)OC. The van der Waals surface area contributed by atoms with Gasteiger partial charge in [0.2, 0.25) is 0 Å². The third-order valence-electron chi connectivity index (χ3n) is 10.1. The van der Waals surface area contributed by atoms with Gasteiger partial charge in [-0.3, -0.25) is 0 Å². The van der Waals surface area contributed by atoms with Crippen molar-refractivity contribution in [1.29, 1.82) is 0 Å². The molecule has 0 saturated carbocycles. The minimum atomic E-state index is -0.662. The summed E-state index contributed by atoms with van der Waals surface area (Å²) in [6.07, 6.45) is 45.9. The molecule has 2 atom stereocenters. The normalized spacial score (nSPS) is 11.8. The summed E-state index contributed by atoms with van der Waals surface area (Å²) in [7, 11) is 2.81. The number of rotatable bonds is 38. The first-order valence-electron chi connectivity index (χ1n) is 22.9. The molecule has 7 heteroatoms. The number of carbonyl (C=O) groups excluding carboxylic acids is 2. The van der Waals surface area contributed by atoms with Crippen molar-refractivity contribution in [2.45, 2.75) is 242 Å². The summed E-state index contributed by atoms with van der Waals surface area (Å²) in [6, 6.07) is 0. The fraction of sp³-hybridized carbons (Fsp3) is 0.957. The van der Waals surface area contributed by atoms with Gasteiger partial charge in [0.05, 0.1) is 0 Å². The molecule has 0 rings (SSSR count). The van der Waals surface area contributed by atoms with Crippen LogP contribution in [0.25, 0.3) is 0 Å². The molecule has 0 aliphatic rings. The molecule has 0 aromatic rings. The summed E-state index contributed by atoms with van der Waals surface area (Å²) >= 11 is 9.24. The van der Waals surface area contributed by atoms with Crippen molar-refractivity contribution in [2.24, 2.45) is 11.8 Å². The van der Waals surface area contributed by atoms with Gasteiger partial charge in [0.25, 0.3) is 0 Å². The van der Waals surface area contributed by atoms with Crippen LogP contribution in [0.15, 0.2) is 0 Å². The van der Waals surface area contributed by atoms with Crippen LogP contribution in [0.5, 0.6) is 0 Å². The van der Waals surface area contributed by atoms with Crippen LogP contribution in [0, 0.1) is 11.8 Å². The number of methoxy groups -OCH3 is 2. The van der Waals surface area contributed by atoms with E-state index in [1.54, 1.807) is 0 Å². The van der Waals surface area contributed by atoms with Gasteiger partial charge in [-0.1, -0.05) is 219 Å². The Balaban J connectivity index is -0.000000714. The van der Waals surface area contributed by atoms with Crippen molar-refractivity contribution in [3.63, 3.8) is 0 Å². The van der Waals surface area contributed by atoms with Gasteiger partial charge < -0.3 is 25.3 Å². The summed E-state index contributed by atoms with van der Waals surface area (Å²) < 4.78 is 11.1. The monoisotopic (exact) mass is 893 g/mol. The first-order chi connectivity index (χ1) is 25.9. The second-order valence-corrected chi connectivity index (χ2v) is 20.1. The van der Waals surface area contributed by atoms with Gasteiger partial charge in [0.15, 0.2) is 0 Å². The molecule has 4 nitrogen and oxygen atoms in total. The predicted octanol–water partition coefficient (Wildman–Crippen LogP) is 14.7. The van der Waals surface area contributed by atoms with Gasteiger partial charge in [-0.15, -0.1) is 0 Å². The minimum absolute atomic E-state index is 0.0218. The Kier molecular flexibility index (Phi) is 57.1. The van der Waals surface area contributed by atoms with E-state index < -0.39 is 21.1 Å². The third-order valence-corrected chi connectivity index (χ3v) is 15.8. The van der Waals surface area contributed by atoms with Gasteiger partial charge in [-0.25, -0.2) is 0 Å². The fourth-order valence-corrected chi connectivity index (χ4v) is 10.7. The summed E-state index contributed by atoms with van der Waals surface area (Å²) in [6.45, 7) is 8.32. The third kappa shape index (κ3) is 52.4. The standard InChI is InChI=1S/2C18H38S.2C5H9O2.Sn/c2*1-2-3-4-5-6-7-8-9-10-11-12-13-14-15-16-17-18-19;2*1-4(2)5(6)7-3;/h2*19H,2-18H2,1H3;2*4H,1H2,2-3H3;/q;;;;+2/p-2. The molecule has 0 aliphatic heterocycles. The van der Waals surface area contributed by atoms with Crippen molar-refractivity contribution in [1.82, 2.24) is 0 Å². The average Bonchev–Trinajstić information content (AvgIpc) is 3.17. The Morgan fingerprint density at radius 2 is 0.585 bits per heavy atom. The van der Waals surface area contributed by atoms with Crippen molar-refractivity contribution < 1.29 is 19.1 Å². The molecule has 0 N–H and O–H groups in total. The van der Waals surface area contributed by atoms with E-state index in [2.05, 4.69) is 23.3 Å². The summed E-state index contributed by atoms with van der Waals surface area (Å²) in [5.41, 5.74) is 0. The van der Waals surface area contributed by atoms with Crippen molar-refractivity contribution >= 4 is 58.3 Å². The molecule has 2 unspecified atom stereocenters. The van der Waals surface area contributed by atoms with Crippen LogP contribution in [-0.4, -0.2) is 58.8 Å². The molecule has 0 fully saturated rings. The van der Waals surface area contributed by atoms with Crippen molar-refractivity contribution in [3.05, 3.63) is 0 Å². The Bertz CT molecular complexity index is 608.